The maximum absolute atomic E-state index is 3.71. The lowest BCUT2D eigenvalue weighted by molar-refractivity contribution is 0.408. The van der Waals surface area contributed by atoms with E-state index in [2.05, 4.69) is 28.2 Å². The number of nitrogens with zero attached hydrogens (tertiary/aromatic N) is 1. The molecule has 0 amide bonds. The second-order valence-electron chi connectivity index (χ2n) is 5.63. The molecule has 0 aromatic rings. The van der Waals surface area contributed by atoms with Crippen molar-refractivity contribution < 1.29 is 0 Å². The highest BCUT2D eigenvalue weighted by molar-refractivity contribution is 6.87. The van der Waals surface area contributed by atoms with E-state index < -0.39 is 0 Å². The van der Waals surface area contributed by atoms with Crippen molar-refractivity contribution in [1.82, 2.24) is 4.57 Å². The van der Waals surface area contributed by atoms with E-state index in [9.17, 15) is 0 Å². The standard InChI is InChI=1S/C16H34NSi2/c1-3-5-7-9-11-13-15-17(19-18)16-14-12-10-8-6-4-2/h3-16H2,1-2H3. The summed E-state index contributed by atoms with van der Waals surface area (Å²) in [6.45, 7) is 7.16. The van der Waals surface area contributed by atoms with Gasteiger partial charge in [-0.05, 0) is 25.9 Å². The Morgan fingerprint density at radius 2 is 1.00 bits per heavy atom. The van der Waals surface area contributed by atoms with Crippen LogP contribution in [0.25, 0.3) is 0 Å². The van der Waals surface area contributed by atoms with E-state index >= 15 is 0 Å². The van der Waals surface area contributed by atoms with Gasteiger partial charge >= 0.3 is 0 Å². The first-order valence-electron chi connectivity index (χ1n) is 8.52. The summed E-state index contributed by atoms with van der Waals surface area (Å²) in [4.78, 5) is 0. The maximum atomic E-state index is 3.71. The third-order valence-electron chi connectivity index (χ3n) is 3.72. The van der Waals surface area contributed by atoms with Crippen molar-refractivity contribution in [2.45, 2.75) is 90.9 Å². The summed E-state index contributed by atoms with van der Waals surface area (Å²) in [5.74, 6) is 0. The van der Waals surface area contributed by atoms with Gasteiger partial charge in [0.15, 0.2) is 0 Å². The molecule has 0 aromatic carbocycles. The molecule has 0 aliphatic carbocycles. The van der Waals surface area contributed by atoms with Gasteiger partial charge in [0.2, 0.25) is 0 Å². The quantitative estimate of drug-likeness (QED) is 0.312. The molecule has 0 saturated carbocycles. The minimum absolute atomic E-state index is 0.812. The Labute approximate surface area is 128 Å². The van der Waals surface area contributed by atoms with Crippen LogP contribution in [0.15, 0.2) is 0 Å². The smallest absolute Gasteiger partial charge is 0.116 e. The van der Waals surface area contributed by atoms with Gasteiger partial charge in [-0.2, -0.15) is 0 Å². The third kappa shape index (κ3) is 14.6. The lowest BCUT2D eigenvalue weighted by atomic mass is 10.1. The van der Waals surface area contributed by atoms with Gasteiger partial charge < -0.3 is 4.57 Å². The van der Waals surface area contributed by atoms with E-state index in [-0.39, 0.29) is 0 Å². The number of hydrogen-bond donors (Lipinski definition) is 0. The Bertz CT molecular complexity index is 149. The summed E-state index contributed by atoms with van der Waals surface area (Å²) in [7, 11) is 4.52. The van der Waals surface area contributed by atoms with Crippen molar-refractivity contribution in [2.24, 2.45) is 0 Å². The largest absolute Gasteiger partial charge is 0.328 e. The summed E-state index contributed by atoms with van der Waals surface area (Å²) in [6.07, 6.45) is 16.9. The molecule has 0 heterocycles. The SMILES string of the molecule is CCCCCCCCN(CCCCCCCC)[Si][Si]. The van der Waals surface area contributed by atoms with E-state index in [0.717, 1.165) is 9.20 Å². The van der Waals surface area contributed by atoms with Crippen molar-refractivity contribution in [3.63, 3.8) is 0 Å². The summed E-state index contributed by atoms with van der Waals surface area (Å²) in [5.41, 5.74) is 0. The monoisotopic (exact) mass is 296 g/mol. The fourth-order valence-electron chi connectivity index (χ4n) is 2.39. The normalized spacial score (nSPS) is 11.4. The number of unbranched alkanes of at least 4 members (excludes halogenated alkanes) is 10. The zero-order chi connectivity index (χ0) is 14.2. The molecule has 111 valence electrons. The first-order chi connectivity index (χ1) is 9.35. The van der Waals surface area contributed by atoms with Crippen LogP contribution in [0.1, 0.15) is 90.9 Å². The average Bonchev–Trinajstić information content (AvgIpc) is 2.44. The van der Waals surface area contributed by atoms with Crippen LogP contribution < -0.4 is 0 Å². The molecule has 19 heavy (non-hydrogen) atoms. The molecular weight excluding hydrogens is 262 g/mol. The minimum atomic E-state index is 0.812. The second-order valence-corrected chi connectivity index (χ2v) is 7.16. The molecule has 0 spiro atoms. The Morgan fingerprint density at radius 1 is 0.632 bits per heavy atom. The van der Waals surface area contributed by atoms with E-state index in [4.69, 9.17) is 0 Å². The molecule has 1 nitrogen and oxygen atoms in total. The van der Waals surface area contributed by atoms with Gasteiger partial charge in [0.05, 0.1) is 0 Å². The van der Waals surface area contributed by atoms with Gasteiger partial charge in [-0.15, -0.1) is 0 Å². The number of rotatable bonds is 15. The first kappa shape index (κ1) is 19.4. The Morgan fingerprint density at radius 3 is 1.37 bits per heavy atom. The van der Waals surface area contributed by atoms with Gasteiger partial charge in [-0.25, -0.2) is 0 Å². The van der Waals surface area contributed by atoms with Crippen molar-refractivity contribution in [3.8, 4) is 0 Å². The van der Waals surface area contributed by atoms with Crippen LogP contribution in [0, 0.1) is 0 Å². The maximum Gasteiger partial charge on any atom is 0.116 e. The molecule has 0 aliphatic heterocycles. The van der Waals surface area contributed by atoms with Crippen molar-refractivity contribution in [3.05, 3.63) is 0 Å². The summed E-state index contributed by atoms with van der Waals surface area (Å²) in [6, 6.07) is 0. The van der Waals surface area contributed by atoms with Crippen LogP contribution in [0.2, 0.25) is 0 Å². The highest BCUT2D eigenvalue weighted by Gasteiger charge is 2.02. The van der Waals surface area contributed by atoms with E-state index in [1.807, 2.05) is 0 Å². The molecular formula is C16H34NSi2. The fraction of sp³-hybridized carbons (Fsp3) is 1.00. The molecule has 0 aliphatic rings. The highest BCUT2D eigenvalue weighted by atomic mass is 29.1. The summed E-state index contributed by atoms with van der Waals surface area (Å²) < 4.78 is 2.59. The first-order valence-corrected chi connectivity index (χ1v) is 11.0. The van der Waals surface area contributed by atoms with Gasteiger partial charge in [-0.3, -0.25) is 0 Å². The predicted molar refractivity (Wildman–Crippen MR) is 89.8 cm³/mol. The zero-order valence-electron chi connectivity index (χ0n) is 13.3. The van der Waals surface area contributed by atoms with E-state index in [1.54, 1.807) is 0 Å². The molecule has 0 saturated heterocycles. The Hall–Kier alpha value is 0.394. The predicted octanol–water partition coefficient (Wildman–Crippen LogP) is 4.71. The third-order valence-corrected chi connectivity index (χ3v) is 5.43. The van der Waals surface area contributed by atoms with Crippen molar-refractivity contribution in [2.75, 3.05) is 13.1 Å². The Balaban J connectivity index is 3.30. The average molecular weight is 297 g/mol. The van der Waals surface area contributed by atoms with Crippen LogP contribution in [-0.4, -0.2) is 36.6 Å². The fourth-order valence-corrected chi connectivity index (χ4v) is 3.60. The van der Waals surface area contributed by atoms with Crippen LogP contribution in [0.5, 0.6) is 0 Å². The molecule has 0 atom stereocenters. The van der Waals surface area contributed by atoms with Crippen molar-refractivity contribution in [1.29, 1.82) is 0 Å². The molecule has 0 bridgehead atoms. The summed E-state index contributed by atoms with van der Waals surface area (Å²) >= 11 is 0. The van der Waals surface area contributed by atoms with Gasteiger partial charge in [0.25, 0.3) is 0 Å². The molecule has 5 radical (unpaired) electrons. The van der Waals surface area contributed by atoms with Gasteiger partial charge in [0.1, 0.15) is 9.20 Å². The molecule has 0 rings (SSSR count). The molecule has 3 heteroatoms. The molecule has 0 aromatic heterocycles. The second kappa shape index (κ2) is 16.4. The van der Waals surface area contributed by atoms with Crippen LogP contribution in [0.3, 0.4) is 0 Å². The van der Waals surface area contributed by atoms with E-state index in [1.165, 1.54) is 90.1 Å². The van der Waals surface area contributed by atoms with Crippen LogP contribution >= 0.6 is 0 Å². The van der Waals surface area contributed by atoms with E-state index in [0.29, 0.717) is 0 Å². The highest BCUT2D eigenvalue weighted by Crippen LogP contribution is 2.08. The van der Waals surface area contributed by atoms with Crippen LogP contribution in [0.4, 0.5) is 0 Å². The topological polar surface area (TPSA) is 3.24 Å². The van der Waals surface area contributed by atoms with Crippen molar-refractivity contribution >= 4 is 19.0 Å². The Kier molecular flexibility index (Phi) is 16.8. The minimum Gasteiger partial charge on any atom is -0.328 e. The number of hydrogen-bond acceptors (Lipinski definition) is 1. The lowest BCUT2D eigenvalue weighted by Gasteiger charge is -2.19. The lowest BCUT2D eigenvalue weighted by Crippen LogP contribution is -2.30. The molecule has 0 N–H and O–H groups in total. The molecule has 0 unspecified atom stereocenters. The molecule has 0 fully saturated rings. The summed E-state index contributed by atoms with van der Waals surface area (Å²) in [5, 5.41) is 0. The van der Waals surface area contributed by atoms with Gasteiger partial charge in [0, 0.05) is 9.76 Å². The zero-order valence-corrected chi connectivity index (χ0v) is 15.3. The van der Waals surface area contributed by atoms with Gasteiger partial charge in [-0.1, -0.05) is 78.1 Å². The van der Waals surface area contributed by atoms with Crippen LogP contribution in [-0.2, 0) is 0 Å².